The number of benzene rings is 1. The van der Waals surface area contributed by atoms with Crippen LogP contribution in [0.3, 0.4) is 0 Å². The standard InChI is InChI=1S/C14H16BrN5/c15-9-2-1-3-10(8-9)18-13-11-4-6-17-7-5-12(11)19-14(16)20-13/h1-3,8,17H,4-7H2,(H3,16,18,19,20). The summed E-state index contributed by atoms with van der Waals surface area (Å²) in [5, 5.41) is 6.72. The predicted molar refractivity (Wildman–Crippen MR) is 84.1 cm³/mol. The molecule has 0 radical (unpaired) electrons. The van der Waals surface area contributed by atoms with Crippen LogP contribution in [0.1, 0.15) is 11.3 Å². The molecule has 0 saturated carbocycles. The number of fused-ring (bicyclic) bond motifs is 1. The summed E-state index contributed by atoms with van der Waals surface area (Å²) in [6.07, 6.45) is 1.79. The molecular weight excluding hydrogens is 318 g/mol. The highest BCUT2D eigenvalue weighted by molar-refractivity contribution is 9.10. The second-order valence-electron chi connectivity index (χ2n) is 4.74. The molecule has 0 saturated heterocycles. The first-order chi connectivity index (χ1) is 9.72. The van der Waals surface area contributed by atoms with Crippen LogP contribution in [-0.4, -0.2) is 23.1 Å². The Hall–Kier alpha value is -1.66. The number of aromatic nitrogens is 2. The molecule has 0 aliphatic carbocycles. The summed E-state index contributed by atoms with van der Waals surface area (Å²) in [5.74, 6) is 1.14. The summed E-state index contributed by atoms with van der Waals surface area (Å²) in [7, 11) is 0. The summed E-state index contributed by atoms with van der Waals surface area (Å²) in [6, 6.07) is 7.99. The molecule has 6 heteroatoms. The third kappa shape index (κ3) is 2.91. The molecule has 0 bridgehead atoms. The molecule has 0 spiro atoms. The van der Waals surface area contributed by atoms with Gasteiger partial charge >= 0.3 is 0 Å². The van der Waals surface area contributed by atoms with E-state index in [0.717, 1.165) is 53.2 Å². The van der Waals surface area contributed by atoms with Gasteiger partial charge in [0.1, 0.15) is 5.82 Å². The van der Waals surface area contributed by atoms with Gasteiger partial charge in [-0.3, -0.25) is 0 Å². The number of rotatable bonds is 2. The largest absolute Gasteiger partial charge is 0.368 e. The lowest BCUT2D eigenvalue weighted by Crippen LogP contribution is -2.16. The fourth-order valence-corrected chi connectivity index (χ4v) is 2.77. The number of halogens is 1. The lowest BCUT2D eigenvalue weighted by molar-refractivity contribution is 0.708. The molecule has 0 fully saturated rings. The molecule has 0 atom stereocenters. The van der Waals surface area contributed by atoms with Gasteiger partial charge in [-0.25, -0.2) is 4.98 Å². The molecule has 104 valence electrons. The summed E-state index contributed by atoms with van der Waals surface area (Å²) in [4.78, 5) is 8.74. The van der Waals surface area contributed by atoms with Crippen molar-refractivity contribution in [1.82, 2.24) is 15.3 Å². The van der Waals surface area contributed by atoms with E-state index >= 15 is 0 Å². The fraction of sp³-hybridized carbons (Fsp3) is 0.286. The number of nitrogens with one attached hydrogen (secondary N) is 2. The smallest absolute Gasteiger partial charge is 0.222 e. The maximum atomic E-state index is 5.83. The Morgan fingerprint density at radius 3 is 2.90 bits per heavy atom. The van der Waals surface area contributed by atoms with Crippen LogP contribution in [0.4, 0.5) is 17.5 Å². The van der Waals surface area contributed by atoms with Crippen LogP contribution in [0.15, 0.2) is 28.7 Å². The summed E-state index contributed by atoms with van der Waals surface area (Å²) in [5.41, 5.74) is 9.01. The number of nitrogens with zero attached hydrogens (tertiary/aromatic N) is 2. The normalized spacial score (nSPS) is 14.4. The lowest BCUT2D eigenvalue weighted by atomic mass is 10.1. The monoisotopic (exact) mass is 333 g/mol. The zero-order valence-corrected chi connectivity index (χ0v) is 12.6. The van der Waals surface area contributed by atoms with Crippen molar-refractivity contribution < 1.29 is 0 Å². The van der Waals surface area contributed by atoms with E-state index in [1.54, 1.807) is 0 Å². The van der Waals surface area contributed by atoms with Crippen molar-refractivity contribution in [2.45, 2.75) is 12.8 Å². The van der Waals surface area contributed by atoms with Gasteiger partial charge in [0, 0.05) is 28.7 Å². The van der Waals surface area contributed by atoms with Gasteiger partial charge in [0.05, 0.1) is 5.69 Å². The first-order valence-electron chi connectivity index (χ1n) is 6.61. The van der Waals surface area contributed by atoms with Crippen molar-refractivity contribution in [3.63, 3.8) is 0 Å². The molecule has 2 aromatic rings. The van der Waals surface area contributed by atoms with Crippen LogP contribution in [0.5, 0.6) is 0 Å². The Kier molecular flexibility index (Phi) is 3.84. The average molecular weight is 334 g/mol. The summed E-state index contributed by atoms with van der Waals surface area (Å²) < 4.78 is 1.03. The van der Waals surface area contributed by atoms with Crippen molar-refractivity contribution >= 4 is 33.4 Å². The highest BCUT2D eigenvalue weighted by Gasteiger charge is 2.15. The van der Waals surface area contributed by atoms with E-state index < -0.39 is 0 Å². The summed E-state index contributed by atoms with van der Waals surface area (Å²) in [6.45, 7) is 1.87. The Balaban J connectivity index is 1.98. The predicted octanol–water partition coefficient (Wildman–Crippen LogP) is 2.25. The van der Waals surface area contributed by atoms with Crippen LogP contribution in [0, 0.1) is 0 Å². The molecule has 1 aliphatic rings. The maximum absolute atomic E-state index is 5.83. The quantitative estimate of drug-likeness (QED) is 0.785. The maximum Gasteiger partial charge on any atom is 0.222 e. The Labute approximate surface area is 126 Å². The highest BCUT2D eigenvalue weighted by atomic mass is 79.9. The van der Waals surface area contributed by atoms with E-state index in [0.29, 0.717) is 5.95 Å². The SMILES string of the molecule is Nc1nc2c(c(Nc3cccc(Br)c3)n1)CCNCC2. The van der Waals surface area contributed by atoms with E-state index in [-0.39, 0.29) is 0 Å². The van der Waals surface area contributed by atoms with Crippen molar-refractivity contribution in [3.8, 4) is 0 Å². The zero-order valence-electron chi connectivity index (χ0n) is 11.0. The minimum atomic E-state index is 0.322. The molecule has 1 aliphatic heterocycles. The van der Waals surface area contributed by atoms with Gasteiger partial charge in [0.2, 0.25) is 5.95 Å². The molecule has 1 aromatic heterocycles. The third-order valence-electron chi connectivity index (χ3n) is 3.29. The van der Waals surface area contributed by atoms with Gasteiger partial charge in [0.15, 0.2) is 0 Å². The van der Waals surface area contributed by atoms with Gasteiger partial charge in [-0.2, -0.15) is 4.98 Å². The van der Waals surface area contributed by atoms with Crippen LogP contribution in [0.2, 0.25) is 0 Å². The van der Waals surface area contributed by atoms with Gasteiger partial charge in [-0.05, 0) is 31.2 Å². The van der Waals surface area contributed by atoms with Gasteiger partial charge in [0.25, 0.3) is 0 Å². The topological polar surface area (TPSA) is 75.9 Å². The molecule has 20 heavy (non-hydrogen) atoms. The van der Waals surface area contributed by atoms with Gasteiger partial charge < -0.3 is 16.4 Å². The van der Waals surface area contributed by atoms with E-state index in [9.17, 15) is 0 Å². The van der Waals surface area contributed by atoms with Crippen molar-refractivity contribution in [3.05, 3.63) is 40.0 Å². The van der Waals surface area contributed by atoms with E-state index in [1.807, 2.05) is 24.3 Å². The number of hydrogen-bond donors (Lipinski definition) is 3. The summed E-state index contributed by atoms with van der Waals surface area (Å²) >= 11 is 3.47. The van der Waals surface area contributed by atoms with E-state index in [2.05, 4.69) is 36.5 Å². The van der Waals surface area contributed by atoms with Crippen molar-refractivity contribution in [2.24, 2.45) is 0 Å². The highest BCUT2D eigenvalue weighted by Crippen LogP contribution is 2.25. The molecular formula is C14H16BrN5. The van der Waals surface area contributed by atoms with Crippen LogP contribution in [0.25, 0.3) is 0 Å². The first kappa shape index (κ1) is 13.3. The number of nitrogen functional groups attached to an aromatic ring is 1. The second kappa shape index (κ2) is 5.76. The minimum Gasteiger partial charge on any atom is -0.368 e. The Morgan fingerprint density at radius 2 is 2.05 bits per heavy atom. The van der Waals surface area contributed by atoms with Crippen LogP contribution >= 0.6 is 15.9 Å². The molecule has 0 unspecified atom stereocenters. The third-order valence-corrected chi connectivity index (χ3v) is 3.78. The molecule has 5 nitrogen and oxygen atoms in total. The van der Waals surface area contributed by atoms with Crippen molar-refractivity contribution in [2.75, 3.05) is 24.1 Å². The molecule has 4 N–H and O–H groups in total. The number of hydrogen-bond acceptors (Lipinski definition) is 5. The van der Waals surface area contributed by atoms with Gasteiger partial charge in [-0.15, -0.1) is 0 Å². The lowest BCUT2D eigenvalue weighted by Gasteiger charge is -2.13. The minimum absolute atomic E-state index is 0.322. The van der Waals surface area contributed by atoms with Gasteiger partial charge in [-0.1, -0.05) is 22.0 Å². The van der Waals surface area contributed by atoms with Crippen LogP contribution < -0.4 is 16.4 Å². The fourth-order valence-electron chi connectivity index (χ4n) is 2.37. The average Bonchev–Trinajstić information content (AvgIpc) is 2.64. The number of nitrogens with two attached hydrogens (primary N) is 1. The Morgan fingerprint density at radius 1 is 1.20 bits per heavy atom. The van der Waals surface area contributed by atoms with E-state index in [1.165, 1.54) is 0 Å². The molecule has 3 rings (SSSR count). The molecule has 1 aromatic carbocycles. The second-order valence-corrected chi connectivity index (χ2v) is 5.66. The Bertz CT molecular complexity index is 629. The first-order valence-corrected chi connectivity index (χ1v) is 7.40. The molecule has 0 amide bonds. The molecule has 2 heterocycles. The van der Waals surface area contributed by atoms with Crippen molar-refractivity contribution in [1.29, 1.82) is 0 Å². The zero-order chi connectivity index (χ0) is 13.9. The van der Waals surface area contributed by atoms with Crippen LogP contribution in [-0.2, 0) is 12.8 Å². The number of anilines is 3. The van der Waals surface area contributed by atoms with E-state index in [4.69, 9.17) is 5.73 Å².